The van der Waals surface area contributed by atoms with Gasteiger partial charge in [0.25, 0.3) is 0 Å². The van der Waals surface area contributed by atoms with Gasteiger partial charge in [0.2, 0.25) is 5.91 Å². The number of rotatable bonds is 6. The maximum absolute atomic E-state index is 13.3. The van der Waals surface area contributed by atoms with E-state index in [9.17, 15) is 9.18 Å². The van der Waals surface area contributed by atoms with Crippen LogP contribution in [0.3, 0.4) is 0 Å². The molecule has 0 fully saturated rings. The van der Waals surface area contributed by atoms with Crippen molar-refractivity contribution in [2.45, 2.75) is 13.3 Å². The Balaban J connectivity index is 2.40. The molecule has 0 unspecified atom stereocenters. The number of benzene rings is 1. The van der Waals surface area contributed by atoms with Crippen molar-refractivity contribution < 1.29 is 9.18 Å². The third-order valence-electron chi connectivity index (χ3n) is 2.63. The Morgan fingerprint density at radius 1 is 1.41 bits per heavy atom. The van der Waals surface area contributed by atoms with Crippen molar-refractivity contribution in [2.75, 3.05) is 26.7 Å². The zero-order valence-corrected chi connectivity index (χ0v) is 10.4. The summed E-state index contributed by atoms with van der Waals surface area (Å²) < 4.78 is 13.3. The van der Waals surface area contributed by atoms with Crippen molar-refractivity contribution in [3.63, 3.8) is 0 Å². The number of nitrogens with one attached hydrogen (secondary N) is 1. The molecule has 0 aliphatic carbocycles. The molecule has 0 atom stereocenters. The van der Waals surface area contributed by atoms with Crippen LogP contribution in [-0.4, -0.2) is 37.5 Å². The summed E-state index contributed by atoms with van der Waals surface area (Å²) in [7, 11) is 1.74. The molecule has 0 bridgehead atoms. The largest absolute Gasteiger partial charge is 0.344 e. The van der Waals surface area contributed by atoms with Crippen molar-refractivity contribution in [2.24, 2.45) is 0 Å². The second-order valence-corrected chi connectivity index (χ2v) is 3.94. The first kappa shape index (κ1) is 13.6. The first-order chi connectivity index (χ1) is 8.15. The fraction of sp³-hybridized carbons (Fsp3) is 0.462. The molecule has 94 valence electrons. The number of hydrogen-bond donors (Lipinski definition) is 1. The highest BCUT2D eigenvalue weighted by Crippen LogP contribution is 2.07. The summed E-state index contributed by atoms with van der Waals surface area (Å²) >= 11 is 0. The molecule has 1 aromatic carbocycles. The van der Waals surface area contributed by atoms with E-state index in [1.54, 1.807) is 30.1 Å². The second-order valence-electron chi connectivity index (χ2n) is 3.94. The summed E-state index contributed by atoms with van der Waals surface area (Å²) in [6, 6.07) is 6.66. The van der Waals surface area contributed by atoms with Gasteiger partial charge in [-0.15, -0.1) is 0 Å². The van der Waals surface area contributed by atoms with Crippen LogP contribution in [0.2, 0.25) is 0 Å². The Morgan fingerprint density at radius 3 is 2.76 bits per heavy atom. The lowest BCUT2D eigenvalue weighted by Gasteiger charge is -2.17. The number of hydrogen-bond acceptors (Lipinski definition) is 2. The summed E-state index contributed by atoms with van der Waals surface area (Å²) in [5, 5.41) is 2.97. The number of nitrogens with zero attached hydrogens (tertiary/aromatic N) is 1. The van der Waals surface area contributed by atoms with Gasteiger partial charge in [-0.25, -0.2) is 4.39 Å². The fourth-order valence-corrected chi connectivity index (χ4v) is 1.48. The molecule has 3 nitrogen and oxygen atoms in total. The average Bonchev–Trinajstić information content (AvgIpc) is 2.34. The minimum atomic E-state index is -0.208. The molecule has 1 N–H and O–H groups in total. The molecular weight excluding hydrogens is 219 g/mol. The van der Waals surface area contributed by atoms with Crippen LogP contribution >= 0.6 is 0 Å². The minimum absolute atomic E-state index is 0.0307. The normalized spacial score (nSPS) is 10.3. The summed E-state index contributed by atoms with van der Waals surface area (Å²) in [5.41, 5.74) is 0.649. The molecule has 1 aromatic rings. The zero-order valence-electron chi connectivity index (χ0n) is 10.4. The van der Waals surface area contributed by atoms with Crippen molar-refractivity contribution in [3.8, 4) is 0 Å². The third kappa shape index (κ3) is 4.53. The Kier molecular flexibility index (Phi) is 5.63. The van der Waals surface area contributed by atoms with E-state index in [-0.39, 0.29) is 11.7 Å². The predicted molar refractivity (Wildman–Crippen MR) is 66.3 cm³/mol. The lowest BCUT2D eigenvalue weighted by atomic mass is 10.1. The summed E-state index contributed by atoms with van der Waals surface area (Å²) in [6.07, 6.45) is 0.543. The predicted octanol–water partition coefficient (Wildman–Crippen LogP) is 1.44. The van der Waals surface area contributed by atoms with Crippen LogP contribution in [0, 0.1) is 5.82 Å². The van der Waals surface area contributed by atoms with Crippen molar-refractivity contribution >= 4 is 5.91 Å². The van der Waals surface area contributed by atoms with Crippen LogP contribution in [0.25, 0.3) is 0 Å². The van der Waals surface area contributed by atoms with Crippen LogP contribution in [0.4, 0.5) is 4.39 Å². The number of halogens is 1. The quantitative estimate of drug-likeness (QED) is 0.813. The molecule has 0 aliphatic heterocycles. The molecule has 0 spiro atoms. The van der Waals surface area contributed by atoms with E-state index in [0.29, 0.717) is 25.1 Å². The first-order valence-corrected chi connectivity index (χ1v) is 5.83. The summed E-state index contributed by atoms with van der Waals surface area (Å²) in [6.45, 7) is 3.59. The van der Waals surface area contributed by atoms with Gasteiger partial charge >= 0.3 is 0 Å². The maximum atomic E-state index is 13.3. The Hall–Kier alpha value is -1.42. The molecule has 0 saturated heterocycles. The van der Waals surface area contributed by atoms with Gasteiger partial charge in [-0.05, 0) is 24.6 Å². The zero-order chi connectivity index (χ0) is 12.7. The van der Waals surface area contributed by atoms with Crippen LogP contribution in [0.1, 0.15) is 12.5 Å². The van der Waals surface area contributed by atoms with Gasteiger partial charge in [-0.2, -0.15) is 0 Å². The monoisotopic (exact) mass is 238 g/mol. The van der Waals surface area contributed by atoms with E-state index in [1.165, 1.54) is 6.07 Å². The van der Waals surface area contributed by atoms with E-state index in [2.05, 4.69) is 5.32 Å². The summed E-state index contributed by atoms with van der Waals surface area (Å²) in [4.78, 5) is 13.2. The Labute approximate surface area is 102 Å². The fourth-order valence-electron chi connectivity index (χ4n) is 1.48. The van der Waals surface area contributed by atoms with Crippen molar-refractivity contribution in [3.05, 3.63) is 35.6 Å². The van der Waals surface area contributed by atoms with Crippen molar-refractivity contribution in [1.82, 2.24) is 10.2 Å². The first-order valence-electron chi connectivity index (χ1n) is 5.83. The topological polar surface area (TPSA) is 32.3 Å². The van der Waals surface area contributed by atoms with Crippen LogP contribution in [0.5, 0.6) is 0 Å². The molecule has 0 heterocycles. The highest BCUT2D eigenvalue weighted by Gasteiger charge is 2.08. The van der Waals surface area contributed by atoms with Crippen LogP contribution in [-0.2, 0) is 11.2 Å². The molecule has 17 heavy (non-hydrogen) atoms. The van der Waals surface area contributed by atoms with Crippen LogP contribution < -0.4 is 5.32 Å². The molecule has 0 aromatic heterocycles. The standard InChI is InChI=1S/C13H19FN2O/c1-3-15-10-13(17)16(2)9-8-11-6-4-5-7-12(11)14/h4-7,15H,3,8-10H2,1-2H3. The molecular formula is C13H19FN2O. The SMILES string of the molecule is CCNCC(=O)N(C)CCc1ccccc1F. The Morgan fingerprint density at radius 2 is 2.12 bits per heavy atom. The molecule has 4 heteroatoms. The van der Waals surface area contributed by atoms with Gasteiger partial charge < -0.3 is 10.2 Å². The lowest BCUT2D eigenvalue weighted by molar-refractivity contribution is -0.128. The molecule has 1 rings (SSSR count). The maximum Gasteiger partial charge on any atom is 0.236 e. The molecule has 0 saturated carbocycles. The van der Waals surface area contributed by atoms with Gasteiger partial charge in [-0.1, -0.05) is 25.1 Å². The van der Waals surface area contributed by atoms with Gasteiger partial charge in [-0.3, -0.25) is 4.79 Å². The van der Waals surface area contributed by atoms with Gasteiger partial charge in [0.05, 0.1) is 6.54 Å². The Bertz CT molecular complexity index is 368. The van der Waals surface area contributed by atoms with E-state index < -0.39 is 0 Å². The molecule has 1 amide bonds. The lowest BCUT2D eigenvalue weighted by Crippen LogP contribution is -2.36. The number of amides is 1. The average molecular weight is 238 g/mol. The smallest absolute Gasteiger partial charge is 0.236 e. The number of likely N-dealkylation sites (N-methyl/N-ethyl adjacent to an activating group) is 2. The van der Waals surface area contributed by atoms with Crippen molar-refractivity contribution in [1.29, 1.82) is 0 Å². The summed E-state index contributed by atoms with van der Waals surface area (Å²) in [5.74, 6) is -0.178. The minimum Gasteiger partial charge on any atom is -0.344 e. The van der Waals surface area contributed by atoms with Crippen LogP contribution in [0.15, 0.2) is 24.3 Å². The van der Waals surface area contributed by atoms with E-state index >= 15 is 0 Å². The highest BCUT2D eigenvalue weighted by atomic mass is 19.1. The van der Waals surface area contributed by atoms with E-state index in [0.717, 1.165) is 6.54 Å². The third-order valence-corrected chi connectivity index (χ3v) is 2.63. The second kappa shape index (κ2) is 7.01. The van der Waals surface area contributed by atoms with E-state index in [4.69, 9.17) is 0 Å². The van der Waals surface area contributed by atoms with Gasteiger partial charge in [0.1, 0.15) is 5.82 Å². The molecule has 0 aliphatic rings. The van der Waals surface area contributed by atoms with Gasteiger partial charge in [0.15, 0.2) is 0 Å². The van der Waals surface area contributed by atoms with E-state index in [1.807, 2.05) is 6.92 Å². The molecule has 0 radical (unpaired) electrons. The number of carbonyl (C=O) groups excluding carboxylic acids is 1. The van der Waals surface area contributed by atoms with Gasteiger partial charge in [0, 0.05) is 13.6 Å². The number of carbonyl (C=O) groups is 1. The highest BCUT2D eigenvalue weighted by molar-refractivity contribution is 5.77.